The first-order chi connectivity index (χ1) is 9.47. The Morgan fingerprint density at radius 2 is 1.60 bits per heavy atom. The third kappa shape index (κ3) is 2.79. The molecule has 2 aliphatic carbocycles. The van der Waals surface area contributed by atoms with Crippen LogP contribution in [0.5, 0.6) is 0 Å². The fraction of sp³-hybridized carbons (Fsp3) is 0.684. The van der Waals surface area contributed by atoms with E-state index in [2.05, 4.69) is 45.0 Å². The fourth-order valence-corrected chi connectivity index (χ4v) is 4.14. The zero-order valence-corrected chi connectivity index (χ0v) is 13.1. The summed E-state index contributed by atoms with van der Waals surface area (Å²) in [6, 6.07) is 8.86. The van der Waals surface area contributed by atoms with Crippen LogP contribution < -0.4 is 0 Å². The summed E-state index contributed by atoms with van der Waals surface area (Å²) in [6.07, 6.45) is 6.19. The van der Waals surface area contributed by atoms with E-state index in [0.29, 0.717) is 5.92 Å². The van der Waals surface area contributed by atoms with Crippen LogP contribution in [0.15, 0.2) is 24.3 Å². The van der Waals surface area contributed by atoms with Crippen molar-refractivity contribution in [2.75, 3.05) is 0 Å². The van der Waals surface area contributed by atoms with E-state index in [1.807, 2.05) is 0 Å². The molecule has 0 radical (unpaired) electrons. The van der Waals surface area contributed by atoms with Gasteiger partial charge in [-0.15, -0.1) is 0 Å². The molecule has 2 saturated carbocycles. The second-order valence-electron chi connectivity index (χ2n) is 7.91. The van der Waals surface area contributed by atoms with E-state index in [0.717, 1.165) is 18.3 Å². The standard InChI is InChI=1S/C19H28O/c1-19(2,3)14-10-8-13(9-11-14)12-17(20)18-15-6-4-5-7-16(15)18/h8-11,15-18,20H,4-7,12H2,1-3H3. The number of aliphatic hydroxyl groups is 1. The lowest BCUT2D eigenvalue weighted by Crippen LogP contribution is -2.16. The highest BCUT2D eigenvalue weighted by Crippen LogP contribution is 2.57. The van der Waals surface area contributed by atoms with E-state index < -0.39 is 0 Å². The Balaban J connectivity index is 1.60. The first-order valence-corrected chi connectivity index (χ1v) is 8.24. The molecule has 0 aromatic heterocycles. The van der Waals surface area contributed by atoms with Gasteiger partial charge in [0.2, 0.25) is 0 Å². The second kappa shape index (κ2) is 5.18. The van der Waals surface area contributed by atoms with Crippen molar-refractivity contribution in [3.05, 3.63) is 35.4 Å². The number of benzene rings is 1. The molecule has 1 aromatic carbocycles. The SMILES string of the molecule is CC(C)(C)c1ccc(CC(O)C2C3CCCCC32)cc1. The van der Waals surface area contributed by atoms with E-state index >= 15 is 0 Å². The van der Waals surface area contributed by atoms with Gasteiger partial charge in [0.15, 0.2) is 0 Å². The molecule has 3 rings (SSSR count). The number of hydrogen-bond acceptors (Lipinski definition) is 1. The van der Waals surface area contributed by atoms with Crippen molar-refractivity contribution in [3.63, 3.8) is 0 Å². The first kappa shape index (κ1) is 14.1. The lowest BCUT2D eigenvalue weighted by molar-refractivity contribution is 0.140. The highest BCUT2D eigenvalue weighted by Gasteiger charge is 2.53. The van der Waals surface area contributed by atoms with Crippen molar-refractivity contribution in [1.82, 2.24) is 0 Å². The van der Waals surface area contributed by atoms with Gasteiger partial charge in [0.1, 0.15) is 0 Å². The van der Waals surface area contributed by atoms with Crippen molar-refractivity contribution in [2.45, 2.75) is 64.4 Å². The average molecular weight is 272 g/mol. The van der Waals surface area contributed by atoms with Gasteiger partial charge in [-0.2, -0.15) is 0 Å². The smallest absolute Gasteiger partial charge is 0.0614 e. The van der Waals surface area contributed by atoms with Gasteiger partial charge in [-0.1, -0.05) is 57.9 Å². The Morgan fingerprint density at radius 3 is 2.10 bits per heavy atom. The Labute approximate surface area is 123 Å². The molecule has 20 heavy (non-hydrogen) atoms. The molecular formula is C19H28O. The summed E-state index contributed by atoms with van der Waals surface area (Å²) < 4.78 is 0. The molecule has 0 aliphatic heterocycles. The monoisotopic (exact) mass is 272 g/mol. The normalized spacial score (nSPS) is 30.7. The molecule has 0 spiro atoms. The summed E-state index contributed by atoms with van der Waals surface area (Å²) in [7, 11) is 0. The fourth-order valence-electron chi connectivity index (χ4n) is 4.14. The third-order valence-corrected chi connectivity index (χ3v) is 5.43. The van der Waals surface area contributed by atoms with Crippen LogP contribution in [0.25, 0.3) is 0 Å². The predicted molar refractivity (Wildman–Crippen MR) is 83.8 cm³/mol. The minimum absolute atomic E-state index is 0.122. The molecule has 0 saturated heterocycles. The zero-order valence-electron chi connectivity index (χ0n) is 13.1. The molecule has 0 heterocycles. The van der Waals surface area contributed by atoms with Crippen molar-refractivity contribution >= 4 is 0 Å². The minimum Gasteiger partial charge on any atom is -0.392 e. The molecule has 3 atom stereocenters. The number of fused-ring (bicyclic) bond motifs is 1. The average Bonchev–Trinajstić information content (AvgIpc) is 3.12. The van der Waals surface area contributed by atoms with E-state index in [9.17, 15) is 5.11 Å². The van der Waals surface area contributed by atoms with E-state index in [4.69, 9.17) is 0 Å². The lowest BCUT2D eigenvalue weighted by Gasteiger charge is -2.19. The molecule has 1 N–H and O–H groups in total. The third-order valence-electron chi connectivity index (χ3n) is 5.43. The van der Waals surface area contributed by atoms with Crippen LogP contribution in [-0.2, 0) is 11.8 Å². The summed E-state index contributed by atoms with van der Waals surface area (Å²) in [6.45, 7) is 6.73. The number of aliphatic hydroxyl groups excluding tert-OH is 1. The Morgan fingerprint density at radius 1 is 1.05 bits per heavy atom. The van der Waals surface area contributed by atoms with Crippen LogP contribution in [0, 0.1) is 17.8 Å². The van der Waals surface area contributed by atoms with Crippen molar-refractivity contribution in [2.24, 2.45) is 17.8 Å². The van der Waals surface area contributed by atoms with Gasteiger partial charge in [-0.05, 0) is 53.6 Å². The molecular weight excluding hydrogens is 244 g/mol. The summed E-state index contributed by atoms with van der Waals surface area (Å²) >= 11 is 0. The number of hydrogen-bond donors (Lipinski definition) is 1. The molecule has 1 nitrogen and oxygen atoms in total. The highest BCUT2D eigenvalue weighted by molar-refractivity contribution is 5.28. The maximum Gasteiger partial charge on any atom is 0.0614 e. The molecule has 3 unspecified atom stereocenters. The predicted octanol–water partition coefficient (Wildman–Crippen LogP) is 4.32. The minimum atomic E-state index is -0.122. The Hall–Kier alpha value is -0.820. The topological polar surface area (TPSA) is 20.2 Å². The van der Waals surface area contributed by atoms with Gasteiger partial charge < -0.3 is 5.11 Å². The van der Waals surface area contributed by atoms with Crippen molar-refractivity contribution in [1.29, 1.82) is 0 Å². The largest absolute Gasteiger partial charge is 0.392 e. The van der Waals surface area contributed by atoms with Gasteiger partial charge >= 0.3 is 0 Å². The number of rotatable bonds is 3. The van der Waals surface area contributed by atoms with E-state index in [1.165, 1.54) is 36.8 Å². The molecule has 2 fully saturated rings. The van der Waals surface area contributed by atoms with Crippen LogP contribution in [0.1, 0.15) is 57.6 Å². The van der Waals surface area contributed by atoms with Gasteiger partial charge in [-0.3, -0.25) is 0 Å². The summed E-state index contributed by atoms with van der Waals surface area (Å²) in [4.78, 5) is 0. The van der Waals surface area contributed by atoms with Crippen LogP contribution in [-0.4, -0.2) is 11.2 Å². The van der Waals surface area contributed by atoms with E-state index in [-0.39, 0.29) is 11.5 Å². The van der Waals surface area contributed by atoms with Gasteiger partial charge in [0.05, 0.1) is 6.10 Å². The molecule has 1 aromatic rings. The van der Waals surface area contributed by atoms with Crippen LogP contribution in [0.4, 0.5) is 0 Å². The summed E-state index contributed by atoms with van der Waals surface area (Å²) in [5, 5.41) is 10.5. The van der Waals surface area contributed by atoms with Crippen molar-refractivity contribution < 1.29 is 5.11 Å². The van der Waals surface area contributed by atoms with Crippen LogP contribution >= 0.6 is 0 Å². The highest BCUT2D eigenvalue weighted by atomic mass is 16.3. The Bertz CT molecular complexity index is 442. The van der Waals surface area contributed by atoms with Gasteiger partial charge in [0.25, 0.3) is 0 Å². The molecule has 0 bridgehead atoms. The first-order valence-electron chi connectivity index (χ1n) is 8.24. The summed E-state index contributed by atoms with van der Waals surface area (Å²) in [5.41, 5.74) is 2.87. The molecule has 110 valence electrons. The second-order valence-corrected chi connectivity index (χ2v) is 7.91. The molecule has 2 aliphatic rings. The maximum atomic E-state index is 10.5. The quantitative estimate of drug-likeness (QED) is 0.868. The Kier molecular flexibility index (Phi) is 3.66. The van der Waals surface area contributed by atoms with E-state index in [1.54, 1.807) is 0 Å². The van der Waals surface area contributed by atoms with Crippen LogP contribution in [0.3, 0.4) is 0 Å². The van der Waals surface area contributed by atoms with Gasteiger partial charge in [-0.25, -0.2) is 0 Å². The lowest BCUT2D eigenvalue weighted by atomic mass is 9.86. The molecule has 0 amide bonds. The summed E-state index contributed by atoms with van der Waals surface area (Å²) in [5.74, 6) is 2.28. The zero-order chi connectivity index (χ0) is 14.3. The van der Waals surface area contributed by atoms with Crippen molar-refractivity contribution in [3.8, 4) is 0 Å². The maximum absolute atomic E-state index is 10.5. The van der Waals surface area contributed by atoms with Crippen LogP contribution in [0.2, 0.25) is 0 Å². The molecule has 1 heteroatoms. The van der Waals surface area contributed by atoms with Gasteiger partial charge in [0, 0.05) is 0 Å².